The van der Waals surface area contributed by atoms with Crippen molar-refractivity contribution in [2.24, 2.45) is 0 Å². The summed E-state index contributed by atoms with van der Waals surface area (Å²) in [5.74, 6) is 0. The molecule has 102 valence electrons. The second kappa shape index (κ2) is 6.72. The highest BCUT2D eigenvalue weighted by molar-refractivity contribution is 4.82. The number of methoxy groups -OCH3 is 1. The van der Waals surface area contributed by atoms with Crippen molar-refractivity contribution in [1.29, 1.82) is 0 Å². The van der Waals surface area contributed by atoms with Crippen LogP contribution in [0.15, 0.2) is 0 Å². The second-order valence-corrected chi connectivity index (χ2v) is 5.90. The Bertz CT molecular complexity index is 212. The summed E-state index contributed by atoms with van der Waals surface area (Å²) in [6, 6.07) is 1.28. The van der Waals surface area contributed by atoms with Gasteiger partial charge in [-0.3, -0.25) is 4.90 Å². The number of nitrogens with zero attached hydrogens (tertiary/aromatic N) is 1. The summed E-state index contributed by atoms with van der Waals surface area (Å²) in [4.78, 5) is 2.57. The Labute approximate surface area is 107 Å². The summed E-state index contributed by atoms with van der Waals surface area (Å²) in [7, 11) is 1.81. The first-order valence-electron chi connectivity index (χ1n) is 7.01. The molecule has 0 spiro atoms. The van der Waals surface area contributed by atoms with Crippen LogP contribution in [0.4, 0.5) is 0 Å². The molecule has 1 aliphatic rings. The van der Waals surface area contributed by atoms with Gasteiger partial charge in [0, 0.05) is 25.7 Å². The zero-order chi connectivity index (χ0) is 12.9. The van der Waals surface area contributed by atoms with Crippen LogP contribution in [-0.4, -0.2) is 49.3 Å². The molecule has 3 heteroatoms. The van der Waals surface area contributed by atoms with Crippen molar-refractivity contribution < 1.29 is 4.74 Å². The maximum absolute atomic E-state index is 5.53. The first-order chi connectivity index (χ1) is 7.98. The van der Waals surface area contributed by atoms with Crippen molar-refractivity contribution in [2.45, 2.75) is 64.6 Å². The van der Waals surface area contributed by atoms with Gasteiger partial charge in [-0.1, -0.05) is 6.92 Å². The summed E-state index contributed by atoms with van der Waals surface area (Å²) in [5.41, 5.74) is -0.0179. The summed E-state index contributed by atoms with van der Waals surface area (Å²) in [6.07, 6.45) is 3.75. The van der Waals surface area contributed by atoms with Crippen molar-refractivity contribution in [1.82, 2.24) is 10.2 Å². The van der Waals surface area contributed by atoms with Crippen molar-refractivity contribution in [3.05, 3.63) is 0 Å². The molecule has 0 aromatic heterocycles. The van der Waals surface area contributed by atoms with E-state index in [1.807, 2.05) is 7.11 Å². The molecule has 1 aliphatic heterocycles. The minimum Gasteiger partial charge on any atom is -0.379 e. The zero-order valence-electron chi connectivity index (χ0n) is 12.3. The Balaban J connectivity index is 2.42. The van der Waals surface area contributed by atoms with Crippen LogP contribution in [0, 0.1) is 0 Å². The van der Waals surface area contributed by atoms with E-state index in [1.54, 1.807) is 0 Å². The minimum atomic E-state index is -0.0179. The van der Waals surface area contributed by atoms with Gasteiger partial charge in [-0.05, 0) is 53.1 Å². The summed E-state index contributed by atoms with van der Waals surface area (Å²) in [5, 5.41) is 3.58. The summed E-state index contributed by atoms with van der Waals surface area (Å²) in [6.45, 7) is 12.4. The molecule has 1 N–H and O–H groups in total. The predicted molar refractivity (Wildman–Crippen MR) is 73.4 cm³/mol. The van der Waals surface area contributed by atoms with Gasteiger partial charge in [0.25, 0.3) is 0 Å². The number of hydrogen-bond donors (Lipinski definition) is 1. The van der Waals surface area contributed by atoms with Crippen LogP contribution in [0.3, 0.4) is 0 Å². The lowest BCUT2D eigenvalue weighted by Crippen LogP contribution is -2.45. The molecule has 0 saturated carbocycles. The Hall–Kier alpha value is -0.120. The van der Waals surface area contributed by atoms with E-state index < -0.39 is 0 Å². The molecule has 0 aliphatic carbocycles. The van der Waals surface area contributed by atoms with E-state index in [0.29, 0.717) is 12.1 Å². The molecule has 0 amide bonds. The Morgan fingerprint density at radius 3 is 2.65 bits per heavy atom. The quantitative estimate of drug-likeness (QED) is 0.741. The topological polar surface area (TPSA) is 24.5 Å². The standard InChI is InChI=1S/C14H30N2O/c1-6-16(11-13-8-7-9-15-13)12(2)10-14(3,4)17-5/h12-13,15H,6-11H2,1-5H3. The summed E-state index contributed by atoms with van der Waals surface area (Å²) < 4.78 is 5.53. The van der Waals surface area contributed by atoms with E-state index >= 15 is 0 Å². The third-order valence-corrected chi connectivity index (χ3v) is 3.99. The molecule has 17 heavy (non-hydrogen) atoms. The van der Waals surface area contributed by atoms with Crippen molar-refractivity contribution in [3.8, 4) is 0 Å². The highest BCUT2D eigenvalue weighted by Gasteiger charge is 2.25. The second-order valence-electron chi connectivity index (χ2n) is 5.90. The lowest BCUT2D eigenvalue weighted by Gasteiger charge is -2.35. The molecule has 1 heterocycles. The molecule has 2 unspecified atom stereocenters. The van der Waals surface area contributed by atoms with Crippen LogP contribution in [0.2, 0.25) is 0 Å². The first kappa shape index (κ1) is 14.9. The number of likely N-dealkylation sites (N-methyl/N-ethyl adjacent to an activating group) is 1. The molecule has 1 fully saturated rings. The van der Waals surface area contributed by atoms with E-state index in [9.17, 15) is 0 Å². The molecule has 1 saturated heterocycles. The van der Waals surface area contributed by atoms with Gasteiger partial charge in [0.1, 0.15) is 0 Å². The van der Waals surface area contributed by atoms with E-state index in [4.69, 9.17) is 4.74 Å². The Kier molecular flexibility index (Phi) is 5.90. The van der Waals surface area contributed by atoms with Gasteiger partial charge < -0.3 is 10.1 Å². The van der Waals surface area contributed by atoms with Gasteiger partial charge in [0.05, 0.1) is 5.60 Å². The molecule has 0 aromatic rings. The number of nitrogens with one attached hydrogen (secondary N) is 1. The highest BCUT2D eigenvalue weighted by atomic mass is 16.5. The van der Waals surface area contributed by atoms with E-state index in [0.717, 1.165) is 13.0 Å². The normalized spacial score (nSPS) is 23.3. The monoisotopic (exact) mass is 242 g/mol. The van der Waals surface area contributed by atoms with Crippen molar-refractivity contribution in [2.75, 3.05) is 26.7 Å². The third kappa shape index (κ3) is 4.94. The van der Waals surface area contributed by atoms with E-state index in [-0.39, 0.29) is 5.60 Å². The van der Waals surface area contributed by atoms with Crippen LogP contribution in [-0.2, 0) is 4.74 Å². The molecule has 0 aromatic carbocycles. The zero-order valence-corrected chi connectivity index (χ0v) is 12.3. The van der Waals surface area contributed by atoms with Crippen molar-refractivity contribution >= 4 is 0 Å². The van der Waals surface area contributed by atoms with Crippen LogP contribution in [0.25, 0.3) is 0 Å². The SMILES string of the molecule is CCN(CC1CCCN1)C(C)CC(C)(C)OC. The Morgan fingerprint density at radius 2 is 2.18 bits per heavy atom. The van der Waals surface area contributed by atoms with E-state index in [2.05, 4.69) is 37.9 Å². The molecule has 1 rings (SSSR count). The van der Waals surface area contributed by atoms with Crippen LogP contribution in [0.5, 0.6) is 0 Å². The largest absolute Gasteiger partial charge is 0.379 e. The van der Waals surface area contributed by atoms with Gasteiger partial charge in [-0.15, -0.1) is 0 Å². The molecule has 3 nitrogen and oxygen atoms in total. The van der Waals surface area contributed by atoms with Crippen LogP contribution < -0.4 is 5.32 Å². The van der Waals surface area contributed by atoms with Gasteiger partial charge in [-0.25, -0.2) is 0 Å². The fraction of sp³-hybridized carbons (Fsp3) is 1.00. The smallest absolute Gasteiger partial charge is 0.0637 e. The Morgan fingerprint density at radius 1 is 1.47 bits per heavy atom. The highest BCUT2D eigenvalue weighted by Crippen LogP contribution is 2.20. The average molecular weight is 242 g/mol. The number of rotatable bonds is 7. The van der Waals surface area contributed by atoms with Gasteiger partial charge in [0.2, 0.25) is 0 Å². The molecule has 2 atom stereocenters. The van der Waals surface area contributed by atoms with Gasteiger partial charge in [-0.2, -0.15) is 0 Å². The fourth-order valence-corrected chi connectivity index (χ4v) is 2.74. The number of hydrogen-bond acceptors (Lipinski definition) is 3. The van der Waals surface area contributed by atoms with Gasteiger partial charge >= 0.3 is 0 Å². The first-order valence-corrected chi connectivity index (χ1v) is 7.01. The maximum Gasteiger partial charge on any atom is 0.0637 e. The molecular formula is C14H30N2O. The van der Waals surface area contributed by atoms with E-state index in [1.165, 1.54) is 25.9 Å². The average Bonchev–Trinajstić information content (AvgIpc) is 2.77. The van der Waals surface area contributed by atoms with Crippen LogP contribution >= 0.6 is 0 Å². The maximum atomic E-state index is 5.53. The molecule has 0 bridgehead atoms. The molecular weight excluding hydrogens is 212 g/mol. The fourth-order valence-electron chi connectivity index (χ4n) is 2.74. The van der Waals surface area contributed by atoms with Crippen molar-refractivity contribution in [3.63, 3.8) is 0 Å². The lowest BCUT2D eigenvalue weighted by atomic mass is 9.98. The van der Waals surface area contributed by atoms with Gasteiger partial charge in [0.15, 0.2) is 0 Å². The minimum absolute atomic E-state index is 0.0179. The lowest BCUT2D eigenvalue weighted by molar-refractivity contribution is -0.00639. The number of ether oxygens (including phenoxy) is 1. The summed E-state index contributed by atoms with van der Waals surface area (Å²) >= 11 is 0. The van der Waals surface area contributed by atoms with Crippen LogP contribution in [0.1, 0.15) is 47.0 Å². The molecule has 0 radical (unpaired) electrons. The third-order valence-electron chi connectivity index (χ3n) is 3.99. The predicted octanol–water partition coefficient (Wildman–Crippen LogP) is 2.26.